The Balaban J connectivity index is 0.000000214. The number of benzene rings is 3. The van der Waals surface area contributed by atoms with Gasteiger partial charge in [0.1, 0.15) is 11.6 Å². The van der Waals surface area contributed by atoms with Crippen molar-refractivity contribution < 1.29 is 13.9 Å². The molecule has 0 aliphatic heterocycles. The fourth-order valence-corrected chi connectivity index (χ4v) is 5.48. The highest BCUT2D eigenvalue weighted by Gasteiger charge is 2.10. The number of rotatable bonds is 4. The Hall–Kier alpha value is -3.28. The van der Waals surface area contributed by atoms with E-state index in [-0.39, 0.29) is 11.6 Å². The van der Waals surface area contributed by atoms with Crippen molar-refractivity contribution in [3.8, 4) is 16.9 Å². The maximum absolute atomic E-state index is 13.4. The zero-order valence-electron chi connectivity index (χ0n) is 24.0. The molecule has 0 radical (unpaired) electrons. The van der Waals surface area contributed by atoms with Gasteiger partial charge in [-0.15, -0.1) is 11.3 Å². The quantitative estimate of drug-likeness (QED) is 0.204. The van der Waals surface area contributed by atoms with Gasteiger partial charge in [-0.25, -0.2) is 4.39 Å². The van der Waals surface area contributed by atoms with Gasteiger partial charge in [0.25, 0.3) is 0 Å². The van der Waals surface area contributed by atoms with Crippen molar-refractivity contribution in [2.45, 2.75) is 59.3 Å². The number of carbonyl (C=O) groups is 1. The van der Waals surface area contributed by atoms with Gasteiger partial charge < -0.3 is 10.5 Å². The summed E-state index contributed by atoms with van der Waals surface area (Å²) in [7, 11) is 3.14. The van der Waals surface area contributed by atoms with Crippen molar-refractivity contribution in [2.24, 2.45) is 5.73 Å². The molecule has 0 spiro atoms. The Bertz CT molecular complexity index is 1330. The Morgan fingerprint density at radius 1 is 0.974 bits per heavy atom. The number of allylic oxidation sites excluding steroid dienone is 1. The van der Waals surface area contributed by atoms with Crippen LogP contribution in [0.5, 0.6) is 5.75 Å². The number of halogens is 1. The second-order valence-electron chi connectivity index (χ2n) is 9.31. The summed E-state index contributed by atoms with van der Waals surface area (Å²) < 4.78 is 19.7. The first-order valence-electron chi connectivity index (χ1n) is 13.5. The second-order valence-corrected chi connectivity index (χ2v) is 10.4. The molecule has 2 N–H and O–H groups in total. The molecule has 1 aliphatic carbocycles. The first kappa shape index (κ1) is 31.9. The molecule has 3 nitrogen and oxygen atoms in total. The van der Waals surface area contributed by atoms with Crippen molar-refractivity contribution >= 4 is 27.2 Å². The van der Waals surface area contributed by atoms with Crippen LogP contribution in [0.1, 0.15) is 66.8 Å². The van der Waals surface area contributed by atoms with Gasteiger partial charge in [0.05, 0.1) is 12.0 Å². The van der Waals surface area contributed by atoms with Crippen molar-refractivity contribution in [1.82, 2.24) is 0 Å². The van der Waals surface area contributed by atoms with Crippen LogP contribution in [0.25, 0.3) is 21.2 Å². The van der Waals surface area contributed by atoms with Crippen LogP contribution in [-0.2, 0) is 6.42 Å². The van der Waals surface area contributed by atoms with Crippen LogP contribution in [0.15, 0.2) is 78.9 Å². The summed E-state index contributed by atoms with van der Waals surface area (Å²) in [5, 5.41) is 1.21. The lowest BCUT2D eigenvalue weighted by molar-refractivity contribution is 0.102. The smallest absolute Gasteiger partial charge is 0.170 e. The summed E-state index contributed by atoms with van der Waals surface area (Å²) in [5.41, 5.74) is 9.93. The van der Waals surface area contributed by atoms with Crippen molar-refractivity contribution in [3.05, 3.63) is 101 Å². The average molecular weight is 548 g/mol. The minimum Gasteiger partial charge on any atom is -0.497 e. The van der Waals surface area contributed by atoms with Gasteiger partial charge in [0, 0.05) is 4.70 Å². The first-order chi connectivity index (χ1) is 18.8. The van der Waals surface area contributed by atoms with Crippen LogP contribution in [0, 0.1) is 12.7 Å². The van der Waals surface area contributed by atoms with E-state index in [1.165, 1.54) is 60.9 Å². The molecule has 0 unspecified atom stereocenters. The summed E-state index contributed by atoms with van der Waals surface area (Å²) in [6.07, 6.45) is 7.49. The standard InChI is InChI=1S/C15H15FO.C11H10OS.C7H12.CH5N/c1-3-11-10-13(6-9-15(11)16)12-4-7-14(17-2)8-5-12;1-7-9-5-3-4-6-10(9)13-11(7)8(2)12;1-7-5-3-2-4-6-7;1-2/h4-10H,3H2,1-2H3;3-6H,1-2H3;1-6H2;2H2,1H3. The first-order valence-corrected chi connectivity index (χ1v) is 14.3. The van der Waals surface area contributed by atoms with Crippen LogP contribution in [0.3, 0.4) is 0 Å². The van der Waals surface area contributed by atoms with Gasteiger partial charge in [-0.3, -0.25) is 4.79 Å². The molecule has 0 amide bonds. The van der Waals surface area contributed by atoms with E-state index in [0.717, 1.165) is 32.9 Å². The Morgan fingerprint density at radius 2 is 1.59 bits per heavy atom. The highest BCUT2D eigenvalue weighted by molar-refractivity contribution is 7.21. The van der Waals surface area contributed by atoms with E-state index in [2.05, 4.69) is 24.4 Å². The number of carbonyl (C=O) groups excluding carboxylic acids is 1. The third kappa shape index (κ3) is 9.45. The van der Waals surface area contributed by atoms with Crippen molar-refractivity contribution in [3.63, 3.8) is 0 Å². The van der Waals surface area contributed by atoms with Gasteiger partial charge in [-0.1, -0.05) is 61.9 Å². The molecular weight excluding hydrogens is 505 g/mol. The predicted molar refractivity (Wildman–Crippen MR) is 167 cm³/mol. The maximum Gasteiger partial charge on any atom is 0.170 e. The summed E-state index contributed by atoms with van der Waals surface area (Å²) >= 11 is 1.58. The molecular formula is C34H42FNO2S. The largest absolute Gasteiger partial charge is 0.497 e. The monoisotopic (exact) mass is 547 g/mol. The van der Waals surface area contributed by atoms with E-state index in [0.29, 0.717) is 6.42 Å². The minimum absolute atomic E-state index is 0.134. The van der Waals surface area contributed by atoms with Crippen LogP contribution in [0.4, 0.5) is 4.39 Å². The number of thiophene rings is 1. The average Bonchev–Trinajstić information content (AvgIpc) is 3.32. The molecule has 1 aliphatic rings. The van der Waals surface area contributed by atoms with Crippen LogP contribution >= 0.6 is 11.3 Å². The van der Waals surface area contributed by atoms with Crippen LogP contribution in [-0.4, -0.2) is 19.9 Å². The van der Waals surface area contributed by atoms with Gasteiger partial charge in [-0.2, -0.15) is 0 Å². The Morgan fingerprint density at radius 3 is 2.10 bits per heavy atom. The topological polar surface area (TPSA) is 52.3 Å². The second kappa shape index (κ2) is 16.6. The summed E-state index contributed by atoms with van der Waals surface area (Å²) in [6.45, 7) is 9.50. The summed E-state index contributed by atoms with van der Waals surface area (Å²) in [6, 6.07) is 21.1. The molecule has 5 heteroatoms. The normalized spacial score (nSPS) is 12.2. The molecule has 1 saturated carbocycles. The fourth-order valence-electron chi connectivity index (χ4n) is 4.37. The SMILES string of the molecule is C=C1CCCCC1.CC(=O)c1sc2ccccc2c1C.CCc1cc(-c2ccc(OC)cc2)ccc1F.CN. The number of methoxy groups -OCH3 is 1. The van der Waals surface area contributed by atoms with E-state index in [1.807, 2.05) is 56.3 Å². The molecule has 3 aromatic carbocycles. The molecule has 1 fully saturated rings. The number of aryl methyl sites for hydroxylation is 2. The zero-order valence-corrected chi connectivity index (χ0v) is 24.8. The zero-order chi connectivity index (χ0) is 28.8. The molecule has 5 rings (SSSR count). The van der Waals surface area contributed by atoms with Crippen LogP contribution in [0.2, 0.25) is 0 Å². The third-order valence-electron chi connectivity index (χ3n) is 6.57. The van der Waals surface area contributed by atoms with E-state index in [4.69, 9.17) is 4.74 Å². The number of Topliss-reactive ketones (excluding diaryl/α,β-unsaturated/α-hetero) is 1. The van der Waals surface area contributed by atoms with Crippen molar-refractivity contribution in [2.75, 3.05) is 14.2 Å². The molecule has 1 heterocycles. The number of ether oxygens (including phenoxy) is 1. The summed E-state index contributed by atoms with van der Waals surface area (Å²) in [5.74, 6) is 0.857. The molecule has 0 saturated heterocycles. The molecule has 0 atom stereocenters. The number of nitrogens with two attached hydrogens (primary N) is 1. The molecule has 39 heavy (non-hydrogen) atoms. The fraction of sp³-hybridized carbons (Fsp3) is 0.324. The third-order valence-corrected chi connectivity index (χ3v) is 7.95. The van der Waals surface area contributed by atoms with Gasteiger partial charge in [0.15, 0.2) is 5.78 Å². The number of ketones is 1. The maximum atomic E-state index is 13.4. The molecule has 208 valence electrons. The lowest BCUT2D eigenvalue weighted by Crippen LogP contribution is -1.90. The number of hydrogen-bond donors (Lipinski definition) is 1. The summed E-state index contributed by atoms with van der Waals surface area (Å²) in [4.78, 5) is 12.1. The highest BCUT2D eigenvalue weighted by Crippen LogP contribution is 2.30. The molecule has 4 aromatic rings. The lowest BCUT2D eigenvalue weighted by atomic mass is 9.97. The van der Waals surface area contributed by atoms with E-state index in [9.17, 15) is 9.18 Å². The lowest BCUT2D eigenvalue weighted by Gasteiger charge is -2.10. The van der Waals surface area contributed by atoms with Crippen LogP contribution < -0.4 is 10.5 Å². The Kier molecular flexibility index (Phi) is 13.6. The van der Waals surface area contributed by atoms with E-state index >= 15 is 0 Å². The predicted octanol–water partition coefficient (Wildman–Crippen LogP) is 9.56. The van der Waals surface area contributed by atoms with Gasteiger partial charge >= 0.3 is 0 Å². The highest BCUT2D eigenvalue weighted by atomic mass is 32.1. The molecule has 1 aromatic heterocycles. The number of fused-ring (bicyclic) bond motifs is 1. The van der Waals surface area contributed by atoms with Gasteiger partial charge in [-0.05, 0) is 111 Å². The Labute approximate surface area is 237 Å². The molecule has 0 bridgehead atoms. The minimum atomic E-state index is -0.134. The van der Waals surface area contributed by atoms with E-state index in [1.54, 1.807) is 31.4 Å². The van der Waals surface area contributed by atoms with Crippen molar-refractivity contribution in [1.29, 1.82) is 0 Å². The van der Waals surface area contributed by atoms with E-state index < -0.39 is 0 Å². The van der Waals surface area contributed by atoms with Gasteiger partial charge in [0.2, 0.25) is 0 Å². The number of hydrogen-bond acceptors (Lipinski definition) is 4.